The van der Waals surface area contributed by atoms with E-state index < -0.39 is 0 Å². The van der Waals surface area contributed by atoms with E-state index in [1.165, 1.54) is 18.4 Å². The molecule has 0 aromatic carbocycles. The molecule has 0 radical (unpaired) electrons. The second-order valence-electron chi connectivity index (χ2n) is 4.96. The van der Waals surface area contributed by atoms with Gasteiger partial charge in [0.1, 0.15) is 4.88 Å². The van der Waals surface area contributed by atoms with Crippen LogP contribution in [0.2, 0.25) is 0 Å². The molecule has 1 aliphatic heterocycles. The molecule has 6 heteroatoms. The zero-order chi connectivity index (χ0) is 14.2. The average molecular weight is 282 g/mol. The van der Waals surface area contributed by atoms with Gasteiger partial charge >= 0.3 is 5.97 Å². The van der Waals surface area contributed by atoms with Crippen LogP contribution in [0.1, 0.15) is 27.3 Å². The van der Waals surface area contributed by atoms with Crippen molar-refractivity contribution in [1.29, 1.82) is 0 Å². The molecule has 5 nitrogen and oxygen atoms in total. The summed E-state index contributed by atoms with van der Waals surface area (Å²) >= 11 is 1.41. The number of likely N-dealkylation sites (tertiary alicyclic amines) is 1. The highest BCUT2D eigenvalue weighted by atomic mass is 32.1. The third-order valence-electron chi connectivity index (χ3n) is 3.50. The number of nitrogens with zero attached hydrogens (tertiary/aromatic N) is 2. The van der Waals surface area contributed by atoms with Gasteiger partial charge < -0.3 is 9.64 Å². The van der Waals surface area contributed by atoms with E-state index in [1.807, 2.05) is 20.8 Å². The fourth-order valence-corrected chi connectivity index (χ4v) is 3.35. The van der Waals surface area contributed by atoms with Crippen molar-refractivity contribution in [3.63, 3.8) is 0 Å². The molecule has 0 aliphatic carbocycles. The van der Waals surface area contributed by atoms with E-state index in [1.54, 1.807) is 4.90 Å². The molecule has 104 valence electrons. The quantitative estimate of drug-likeness (QED) is 0.774. The van der Waals surface area contributed by atoms with Gasteiger partial charge in [-0.3, -0.25) is 9.59 Å². The summed E-state index contributed by atoms with van der Waals surface area (Å²) in [5, 5.41) is 0.887. The molecule has 1 amide bonds. The van der Waals surface area contributed by atoms with E-state index in [4.69, 9.17) is 4.74 Å². The highest BCUT2D eigenvalue weighted by Crippen LogP contribution is 2.27. The number of aromatic nitrogens is 1. The van der Waals surface area contributed by atoms with Gasteiger partial charge in [0.2, 0.25) is 0 Å². The van der Waals surface area contributed by atoms with Gasteiger partial charge in [0.25, 0.3) is 5.91 Å². The largest absolute Gasteiger partial charge is 0.469 e. The lowest BCUT2D eigenvalue weighted by molar-refractivity contribution is -0.145. The first kappa shape index (κ1) is 14.0. The average Bonchev–Trinajstić information content (AvgIpc) is 2.90. The fraction of sp³-hybridized carbons (Fsp3) is 0.615. The van der Waals surface area contributed by atoms with Gasteiger partial charge in [-0.25, -0.2) is 4.98 Å². The Balaban J connectivity index is 2.14. The van der Waals surface area contributed by atoms with E-state index in [0.29, 0.717) is 18.0 Å². The van der Waals surface area contributed by atoms with Crippen LogP contribution in [0.5, 0.6) is 0 Å². The number of hydrogen-bond acceptors (Lipinski definition) is 5. The molecule has 1 fully saturated rings. The smallest absolute Gasteiger partial charge is 0.310 e. The zero-order valence-corrected chi connectivity index (χ0v) is 12.4. The Morgan fingerprint density at radius 2 is 2.05 bits per heavy atom. The summed E-state index contributed by atoms with van der Waals surface area (Å²) in [6, 6.07) is 0. The second kappa shape index (κ2) is 5.28. The summed E-state index contributed by atoms with van der Waals surface area (Å²) in [5.74, 6) is -0.352. The number of esters is 1. The van der Waals surface area contributed by atoms with Crippen molar-refractivity contribution in [1.82, 2.24) is 9.88 Å². The van der Waals surface area contributed by atoms with Crippen molar-refractivity contribution in [2.75, 3.05) is 20.2 Å². The van der Waals surface area contributed by atoms with Crippen LogP contribution in [0.15, 0.2) is 0 Å². The number of carbonyl (C=O) groups is 2. The molecule has 1 aromatic rings. The van der Waals surface area contributed by atoms with Gasteiger partial charge in [-0.2, -0.15) is 0 Å². The highest BCUT2D eigenvalue weighted by Gasteiger charge is 2.38. The van der Waals surface area contributed by atoms with Gasteiger partial charge in [0.05, 0.1) is 23.7 Å². The number of rotatable bonds is 2. The summed E-state index contributed by atoms with van der Waals surface area (Å²) in [6.45, 7) is 6.73. The molecule has 0 saturated carbocycles. The van der Waals surface area contributed by atoms with E-state index >= 15 is 0 Å². The summed E-state index contributed by atoms with van der Waals surface area (Å²) in [6.07, 6.45) is 0. The summed E-state index contributed by atoms with van der Waals surface area (Å²) in [5.41, 5.74) is 0.765. The number of aryl methyl sites for hydroxylation is 2. The molecule has 1 aliphatic rings. The van der Waals surface area contributed by atoms with Crippen molar-refractivity contribution in [2.24, 2.45) is 11.8 Å². The van der Waals surface area contributed by atoms with Gasteiger partial charge in [-0.1, -0.05) is 6.92 Å². The Hall–Kier alpha value is -1.43. The van der Waals surface area contributed by atoms with Crippen LogP contribution in [-0.2, 0) is 9.53 Å². The van der Waals surface area contributed by atoms with Crippen LogP contribution in [0, 0.1) is 25.7 Å². The molecule has 2 heterocycles. The van der Waals surface area contributed by atoms with Gasteiger partial charge in [-0.15, -0.1) is 11.3 Å². The molecular formula is C13H18N2O3S. The minimum atomic E-state index is -0.236. The minimum Gasteiger partial charge on any atom is -0.469 e. The third kappa shape index (κ3) is 2.63. The van der Waals surface area contributed by atoms with Crippen LogP contribution in [0.25, 0.3) is 0 Å². The molecule has 0 N–H and O–H groups in total. The Morgan fingerprint density at radius 3 is 2.58 bits per heavy atom. The van der Waals surface area contributed by atoms with Gasteiger partial charge in [-0.05, 0) is 19.8 Å². The van der Waals surface area contributed by atoms with E-state index in [2.05, 4.69) is 4.98 Å². The number of amides is 1. The maximum atomic E-state index is 12.4. The Labute approximate surface area is 116 Å². The predicted molar refractivity (Wildman–Crippen MR) is 72.2 cm³/mol. The highest BCUT2D eigenvalue weighted by molar-refractivity contribution is 7.13. The van der Waals surface area contributed by atoms with Crippen molar-refractivity contribution >= 4 is 23.2 Å². The van der Waals surface area contributed by atoms with E-state index in [0.717, 1.165) is 10.7 Å². The second-order valence-corrected chi connectivity index (χ2v) is 6.17. The summed E-state index contributed by atoms with van der Waals surface area (Å²) in [4.78, 5) is 30.7. The van der Waals surface area contributed by atoms with Crippen LogP contribution < -0.4 is 0 Å². The Morgan fingerprint density at radius 1 is 1.37 bits per heavy atom. The third-order valence-corrected chi connectivity index (χ3v) is 4.56. The number of hydrogen-bond donors (Lipinski definition) is 0. The monoisotopic (exact) mass is 282 g/mol. The summed E-state index contributed by atoms with van der Waals surface area (Å²) < 4.78 is 4.78. The lowest BCUT2D eigenvalue weighted by atomic mass is 9.99. The molecule has 0 spiro atoms. The van der Waals surface area contributed by atoms with Gasteiger partial charge in [0, 0.05) is 13.1 Å². The van der Waals surface area contributed by atoms with Crippen LogP contribution in [-0.4, -0.2) is 42.0 Å². The van der Waals surface area contributed by atoms with Crippen LogP contribution >= 0.6 is 11.3 Å². The molecule has 2 atom stereocenters. The minimum absolute atomic E-state index is 0.0265. The van der Waals surface area contributed by atoms with Crippen molar-refractivity contribution in [3.8, 4) is 0 Å². The van der Waals surface area contributed by atoms with E-state index in [-0.39, 0.29) is 23.7 Å². The maximum Gasteiger partial charge on any atom is 0.310 e. The summed E-state index contributed by atoms with van der Waals surface area (Å²) in [7, 11) is 1.39. The number of carbonyl (C=O) groups excluding carboxylic acids is 2. The van der Waals surface area contributed by atoms with Crippen LogP contribution in [0.4, 0.5) is 0 Å². The zero-order valence-electron chi connectivity index (χ0n) is 11.6. The molecule has 1 aromatic heterocycles. The number of thiazole rings is 1. The standard InChI is InChI=1S/C13H18N2O3S/c1-7-5-15(6-10(7)13(17)18-4)12(16)11-8(2)14-9(3)19-11/h7,10H,5-6H2,1-4H3. The van der Waals surface area contributed by atoms with Crippen molar-refractivity contribution in [2.45, 2.75) is 20.8 Å². The Bertz CT molecular complexity index is 512. The molecule has 19 heavy (non-hydrogen) atoms. The SMILES string of the molecule is COC(=O)C1CN(C(=O)c2sc(C)nc2C)CC1C. The number of methoxy groups -OCH3 is 1. The Kier molecular flexibility index (Phi) is 3.89. The molecular weight excluding hydrogens is 264 g/mol. The maximum absolute atomic E-state index is 12.4. The topological polar surface area (TPSA) is 59.5 Å². The molecule has 2 unspecified atom stereocenters. The predicted octanol–water partition coefficient (Wildman–Crippen LogP) is 1.64. The van der Waals surface area contributed by atoms with Crippen molar-refractivity contribution < 1.29 is 14.3 Å². The van der Waals surface area contributed by atoms with Crippen LogP contribution in [0.3, 0.4) is 0 Å². The van der Waals surface area contributed by atoms with Crippen molar-refractivity contribution in [3.05, 3.63) is 15.6 Å². The first-order valence-electron chi connectivity index (χ1n) is 6.25. The normalized spacial score (nSPS) is 22.6. The molecule has 0 bridgehead atoms. The first-order chi connectivity index (χ1) is 8.93. The lowest BCUT2D eigenvalue weighted by Crippen LogP contribution is -2.30. The fourth-order valence-electron chi connectivity index (χ4n) is 2.46. The number of ether oxygens (including phenoxy) is 1. The van der Waals surface area contributed by atoms with E-state index in [9.17, 15) is 9.59 Å². The first-order valence-corrected chi connectivity index (χ1v) is 7.06. The molecule has 2 rings (SSSR count). The van der Waals surface area contributed by atoms with Gasteiger partial charge in [0.15, 0.2) is 0 Å². The molecule has 1 saturated heterocycles. The lowest BCUT2D eigenvalue weighted by Gasteiger charge is -2.15.